The largest absolute Gasteiger partial charge is 0.497 e. The lowest BCUT2D eigenvalue weighted by atomic mass is 9.95. The summed E-state index contributed by atoms with van der Waals surface area (Å²) in [5, 5.41) is 1.79. The number of rotatable bonds is 5. The molecule has 6 heteroatoms. The van der Waals surface area contributed by atoms with Crippen molar-refractivity contribution in [3.05, 3.63) is 63.5 Å². The van der Waals surface area contributed by atoms with E-state index in [1.807, 2.05) is 24.3 Å². The molecule has 0 bridgehead atoms. The number of imidazole rings is 1. The number of aromatic nitrogens is 2. The fraction of sp³-hybridized carbons (Fsp3) is 0.273. The summed E-state index contributed by atoms with van der Waals surface area (Å²) in [6.45, 7) is 6.40. The van der Waals surface area contributed by atoms with E-state index in [1.165, 1.54) is 5.56 Å². The van der Waals surface area contributed by atoms with E-state index in [4.69, 9.17) is 9.15 Å². The fourth-order valence-corrected chi connectivity index (χ4v) is 4.32. The van der Waals surface area contributed by atoms with Gasteiger partial charge in [-0.25, -0.2) is 9.78 Å². The van der Waals surface area contributed by atoms with Gasteiger partial charge in [0.2, 0.25) is 0 Å². The third kappa shape index (κ3) is 3.52. The zero-order valence-electron chi connectivity index (χ0n) is 16.3. The first kappa shape index (κ1) is 18.6. The lowest BCUT2D eigenvalue weighted by Gasteiger charge is -2.12. The third-order valence-electron chi connectivity index (χ3n) is 4.87. The Hall–Kier alpha value is -2.73. The molecular formula is C22H22N2O3S. The van der Waals surface area contributed by atoms with Gasteiger partial charge in [-0.05, 0) is 53.8 Å². The summed E-state index contributed by atoms with van der Waals surface area (Å²) in [5.41, 5.74) is 5.49. The zero-order valence-corrected chi connectivity index (χ0v) is 17.1. The van der Waals surface area contributed by atoms with E-state index < -0.39 is 0 Å². The molecular weight excluding hydrogens is 372 g/mol. The van der Waals surface area contributed by atoms with Crippen LogP contribution < -0.4 is 10.4 Å². The van der Waals surface area contributed by atoms with Crippen molar-refractivity contribution in [1.29, 1.82) is 0 Å². The third-order valence-corrected chi connectivity index (χ3v) is 5.79. The molecule has 5 nitrogen and oxygen atoms in total. The molecule has 0 aliphatic rings. The van der Waals surface area contributed by atoms with Gasteiger partial charge in [0.1, 0.15) is 11.3 Å². The predicted octanol–water partition coefficient (Wildman–Crippen LogP) is 5.40. The molecule has 144 valence electrons. The second-order valence-corrected chi connectivity index (χ2v) is 8.13. The van der Waals surface area contributed by atoms with Gasteiger partial charge >= 0.3 is 5.63 Å². The molecule has 0 unspecified atom stereocenters. The van der Waals surface area contributed by atoms with E-state index in [2.05, 4.69) is 36.8 Å². The van der Waals surface area contributed by atoms with E-state index in [9.17, 15) is 4.79 Å². The first-order chi connectivity index (χ1) is 13.4. The number of hydrogen-bond donors (Lipinski definition) is 1. The van der Waals surface area contributed by atoms with E-state index in [0.29, 0.717) is 17.3 Å². The number of hydrogen-bond acceptors (Lipinski definition) is 5. The fourth-order valence-electron chi connectivity index (χ4n) is 3.44. The molecule has 0 saturated heterocycles. The predicted molar refractivity (Wildman–Crippen MR) is 114 cm³/mol. The summed E-state index contributed by atoms with van der Waals surface area (Å²) >= 11 is 1.57. The molecule has 0 aliphatic heterocycles. The first-order valence-corrected chi connectivity index (χ1v) is 10.2. The summed E-state index contributed by atoms with van der Waals surface area (Å²) in [4.78, 5) is 20.0. The SMILES string of the molecule is COc1ccc2nc(SCc3cc(=O)oc4cc(C)c(C(C)C)cc34)[nH]c2c1. The number of benzene rings is 2. The number of H-pyrrole nitrogens is 1. The summed E-state index contributed by atoms with van der Waals surface area (Å²) in [5.74, 6) is 1.82. The van der Waals surface area contributed by atoms with Gasteiger partial charge in [0, 0.05) is 23.3 Å². The van der Waals surface area contributed by atoms with E-state index >= 15 is 0 Å². The molecule has 0 saturated carbocycles. The van der Waals surface area contributed by atoms with Crippen molar-refractivity contribution < 1.29 is 9.15 Å². The summed E-state index contributed by atoms with van der Waals surface area (Å²) in [7, 11) is 1.65. The Labute approximate surface area is 167 Å². The Morgan fingerprint density at radius 3 is 2.79 bits per heavy atom. The highest BCUT2D eigenvalue weighted by molar-refractivity contribution is 7.98. The molecule has 28 heavy (non-hydrogen) atoms. The van der Waals surface area contributed by atoms with Gasteiger partial charge in [0.15, 0.2) is 5.16 Å². The second kappa shape index (κ2) is 7.36. The normalized spacial score (nSPS) is 11.6. The molecule has 0 atom stereocenters. The van der Waals surface area contributed by atoms with Gasteiger partial charge in [0.25, 0.3) is 0 Å². The van der Waals surface area contributed by atoms with Gasteiger partial charge in [-0.2, -0.15) is 0 Å². The van der Waals surface area contributed by atoms with Crippen molar-refractivity contribution >= 4 is 33.8 Å². The molecule has 4 aromatic rings. The topological polar surface area (TPSA) is 68.1 Å². The van der Waals surface area contributed by atoms with Crippen molar-refractivity contribution in [2.24, 2.45) is 0 Å². The van der Waals surface area contributed by atoms with Crippen LogP contribution in [0.2, 0.25) is 0 Å². The highest BCUT2D eigenvalue weighted by Gasteiger charge is 2.13. The van der Waals surface area contributed by atoms with Crippen LogP contribution in [-0.2, 0) is 5.75 Å². The summed E-state index contributed by atoms with van der Waals surface area (Å²) < 4.78 is 10.7. The Bertz CT molecular complexity index is 1220. The molecule has 0 radical (unpaired) electrons. The van der Waals surface area contributed by atoms with Crippen LogP contribution in [0.25, 0.3) is 22.0 Å². The van der Waals surface area contributed by atoms with Crippen LogP contribution in [0.5, 0.6) is 5.75 Å². The van der Waals surface area contributed by atoms with Crippen LogP contribution >= 0.6 is 11.8 Å². The van der Waals surface area contributed by atoms with Crippen LogP contribution in [0.15, 0.2) is 50.8 Å². The van der Waals surface area contributed by atoms with E-state index in [0.717, 1.165) is 38.5 Å². The molecule has 4 rings (SSSR count). The number of aryl methyl sites for hydroxylation is 1. The van der Waals surface area contributed by atoms with Crippen LogP contribution in [0.1, 0.15) is 36.5 Å². The maximum absolute atomic E-state index is 12.0. The summed E-state index contributed by atoms with van der Waals surface area (Å²) in [6, 6.07) is 11.4. The lowest BCUT2D eigenvalue weighted by molar-refractivity contribution is 0.415. The number of thioether (sulfide) groups is 1. The Morgan fingerprint density at radius 1 is 1.21 bits per heavy atom. The van der Waals surface area contributed by atoms with Gasteiger partial charge in [-0.3, -0.25) is 0 Å². The molecule has 2 aromatic heterocycles. The van der Waals surface area contributed by atoms with Crippen molar-refractivity contribution in [1.82, 2.24) is 9.97 Å². The Morgan fingerprint density at radius 2 is 2.04 bits per heavy atom. The standard InChI is InChI=1S/C22H22N2O3S/c1-12(2)16-10-17-14(8-21(25)27-20(17)7-13(16)3)11-28-22-23-18-6-5-15(26-4)9-19(18)24-22/h5-10,12H,11H2,1-4H3,(H,23,24). The van der Waals surface area contributed by atoms with E-state index in [1.54, 1.807) is 24.9 Å². The zero-order chi connectivity index (χ0) is 19.8. The van der Waals surface area contributed by atoms with Gasteiger partial charge in [-0.1, -0.05) is 25.6 Å². The van der Waals surface area contributed by atoms with Crippen molar-refractivity contribution in [3.63, 3.8) is 0 Å². The van der Waals surface area contributed by atoms with Crippen LogP contribution in [0.4, 0.5) is 0 Å². The smallest absolute Gasteiger partial charge is 0.336 e. The minimum atomic E-state index is -0.325. The van der Waals surface area contributed by atoms with Gasteiger partial charge in [-0.15, -0.1) is 0 Å². The number of aromatic amines is 1. The molecule has 1 N–H and O–H groups in total. The maximum atomic E-state index is 12.0. The monoisotopic (exact) mass is 394 g/mol. The molecule has 2 aromatic carbocycles. The number of fused-ring (bicyclic) bond motifs is 2. The number of methoxy groups -OCH3 is 1. The van der Waals surface area contributed by atoms with E-state index in [-0.39, 0.29) is 5.63 Å². The quantitative estimate of drug-likeness (QED) is 0.362. The molecule has 2 heterocycles. The molecule has 0 amide bonds. The molecule has 0 spiro atoms. The Balaban J connectivity index is 1.69. The van der Waals surface area contributed by atoms with Crippen LogP contribution in [0, 0.1) is 6.92 Å². The van der Waals surface area contributed by atoms with Gasteiger partial charge < -0.3 is 14.1 Å². The highest BCUT2D eigenvalue weighted by atomic mass is 32.2. The minimum absolute atomic E-state index is 0.325. The molecule has 0 fully saturated rings. The second-order valence-electron chi connectivity index (χ2n) is 7.16. The highest BCUT2D eigenvalue weighted by Crippen LogP contribution is 2.30. The number of nitrogens with one attached hydrogen (secondary N) is 1. The van der Waals surface area contributed by atoms with Crippen molar-refractivity contribution in [3.8, 4) is 5.75 Å². The average molecular weight is 394 g/mol. The van der Waals surface area contributed by atoms with Crippen LogP contribution in [0.3, 0.4) is 0 Å². The van der Waals surface area contributed by atoms with Gasteiger partial charge in [0.05, 0.1) is 18.1 Å². The Kier molecular flexibility index (Phi) is 4.89. The average Bonchev–Trinajstić information content (AvgIpc) is 3.07. The first-order valence-electron chi connectivity index (χ1n) is 9.18. The summed E-state index contributed by atoms with van der Waals surface area (Å²) in [6.07, 6.45) is 0. The van der Waals surface area contributed by atoms with Crippen LogP contribution in [-0.4, -0.2) is 17.1 Å². The number of nitrogens with zero attached hydrogens (tertiary/aromatic N) is 1. The minimum Gasteiger partial charge on any atom is -0.497 e. The van der Waals surface area contributed by atoms with Crippen molar-refractivity contribution in [2.45, 2.75) is 37.6 Å². The number of ether oxygens (including phenoxy) is 1. The lowest BCUT2D eigenvalue weighted by Crippen LogP contribution is -2.02. The molecule has 0 aliphatic carbocycles. The van der Waals surface area contributed by atoms with Crippen molar-refractivity contribution in [2.75, 3.05) is 7.11 Å². The maximum Gasteiger partial charge on any atom is 0.336 e.